The Bertz CT molecular complexity index is 325. The summed E-state index contributed by atoms with van der Waals surface area (Å²) in [7, 11) is 2.37. The fourth-order valence-electron chi connectivity index (χ4n) is 6.89. The van der Waals surface area contributed by atoms with Crippen molar-refractivity contribution in [2.75, 3.05) is 13.6 Å². The van der Waals surface area contributed by atoms with Gasteiger partial charge in [-0.05, 0) is 74.2 Å². The molecule has 0 aromatic rings. The molecule has 8 unspecified atom stereocenters. The highest BCUT2D eigenvalue weighted by molar-refractivity contribution is 5.18. The lowest BCUT2D eigenvalue weighted by Crippen LogP contribution is -2.60. The Morgan fingerprint density at radius 2 is 1.60 bits per heavy atom. The number of likely N-dealkylation sites (tertiary alicyclic amines) is 1. The first-order chi connectivity index (χ1) is 7.34. The van der Waals surface area contributed by atoms with Crippen molar-refractivity contribution in [3.63, 3.8) is 0 Å². The van der Waals surface area contributed by atoms with Gasteiger partial charge in [-0.3, -0.25) is 0 Å². The maximum absolute atomic E-state index is 2.66. The zero-order valence-corrected chi connectivity index (χ0v) is 9.60. The molecule has 1 aliphatic heterocycles. The molecule has 4 aliphatic carbocycles. The first kappa shape index (κ1) is 8.11. The van der Waals surface area contributed by atoms with Crippen LogP contribution in [0.25, 0.3) is 0 Å². The third-order valence-electron chi connectivity index (χ3n) is 7.02. The molecule has 0 spiro atoms. The van der Waals surface area contributed by atoms with Crippen molar-refractivity contribution in [3.8, 4) is 0 Å². The van der Waals surface area contributed by atoms with Crippen molar-refractivity contribution < 1.29 is 0 Å². The van der Waals surface area contributed by atoms with Crippen molar-refractivity contribution in [3.05, 3.63) is 0 Å². The largest absolute Gasteiger partial charge is 0.302 e. The van der Waals surface area contributed by atoms with Gasteiger partial charge in [0.25, 0.3) is 0 Å². The van der Waals surface area contributed by atoms with Crippen molar-refractivity contribution >= 4 is 0 Å². The summed E-state index contributed by atoms with van der Waals surface area (Å²) in [5.41, 5.74) is 0. The molecule has 5 aliphatic rings. The molecule has 0 aromatic heterocycles. The first-order valence-corrected chi connectivity index (χ1v) is 7.05. The molecule has 5 fully saturated rings. The average Bonchev–Trinajstić information content (AvgIpc) is 2.89. The Hall–Kier alpha value is -0.0400. The van der Waals surface area contributed by atoms with Crippen LogP contribution < -0.4 is 0 Å². The standard InChI is InChI=1S/C14H21N/c1-15-6-11-9-5-10(14(11)15)13-8-3-2-7(4-8)12(9)13/h7-14H,2-6H2,1H3. The maximum Gasteiger partial charge on any atom is 0.0167 e. The van der Waals surface area contributed by atoms with Crippen molar-refractivity contribution in [1.82, 2.24) is 4.90 Å². The Morgan fingerprint density at radius 1 is 0.867 bits per heavy atom. The molecule has 15 heavy (non-hydrogen) atoms. The molecule has 0 amide bonds. The second-order valence-corrected chi connectivity index (χ2v) is 7.15. The monoisotopic (exact) mass is 203 g/mol. The van der Waals surface area contributed by atoms with E-state index in [1.807, 2.05) is 0 Å². The van der Waals surface area contributed by atoms with E-state index in [1.165, 1.54) is 36.1 Å². The van der Waals surface area contributed by atoms with Gasteiger partial charge in [0.1, 0.15) is 0 Å². The predicted molar refractivity (Wildman–Crippen MR) is 59.3 cm³/mol. The van der Waals surface area contributed by atoms with E-state index in [1.54, 1.807) is 25.7 Å². The number of rotatable bonds is 0. The third kappa shape index (κ3) is 0.712. The summed E-state index contributed by atoms with van der Waals surface area (Å²) in [6, 6.07) is 1.04. The van der Waals surface area contributed by atoms with Crippen LogP contribution in [0.4, 0.5) is 0 Å². The highest BCUT2D eigenvalue weighted by Gasteiger charge is 2.68. The second-order valence-electron chi connectivity index (χ2n) is 7.15. The van der Waals surface area contributed by atoms with Crippen LogP contribution in [-0.4, -0.2) is 24.5 Å². The van der Waals surface area contributed by atoms with Gasteiger partial charge in [0.05, 0.1) is 0 Å². The summed E-state index contributed by atoms with van der Waals surface area (Å²) >= 11 is 0. The van der Waals surface area contributed by atoms with Crippen molar-refractivity contribution in [2.45, 2.75) is 31.7 Å². The van der Waals surface area contributed by atoms with Crippen LogP contribution in [0.3, 0.4) is 0 Å². The van der Waals surface area contributed by atoms with E-state index in [0.29, 0.717) is 0 Å². The topological polar surface area (TPSA) is 3.24 Å². The highest BCUT2D eigenvalue weighted by Crippen LogP contribution is 2.71. The molecule has 4 saturated carbocycles. The van der Waals surface area contributed by atoms with E-state index < -0.39 is 0 Å². The van der Waals surface area contributed by atoms with E-state index in [4.69, 9.17) is 0 Å². The van der Waals surface area contributed by atoms with E-state index in [9.17, 15) is 0 Å². The lowest BCUT2D eigenvalue weighted by atomic mass is 9.62. The fourth-order valence-corrected chi connectivity index (χ4v) is 6.89. The molecule has 1 nitrogen and oxygen atoms in total. The summed E-state index contributed by atoms with van der Waals surface area (Å²) in [5.74, 6) is 8.21. The van der Waals surface area contributed by atoms with Crippen LogP contribution >= 0.6 is 0 Å². The molecular formula is C14H21N. The molecule has 82 valence electrons. The summed E-state index contributed by atoms with van der Waals surface area (Å²) in [4.78, 5) is 2.66. The van der Waals surface area contributed by atoms with Gasteiger partial charge in [0.2, 0.25) is 0 Å². The van der Waals surface area contributed by atoms with Gasteiger partial charge in [-0.15, -0.1) is 0 Å². The van der Waals surface area contributed by atoms with Crippen molar-refractivity contribution in [2.24, 2.45) is 41.4 Å². The summed E-state index contributed by atoms with van der Waals surface area (Å²) in [5, 5.41) is 0. The lowest BCUT2D eigenvalue weighted by molar-refractivity contribution is -0.0592. The number of hydrogen-bond donors (Lipinski definition) is 0. The van der Waals surface area contributed by atoms with E-state index in [0.717, 1.165) is 17.9 Å². The van der Waals surface area contributed by atoms with Gasteiger partial charge in [0, 0.05) is 12.6 Å². The Balaban J connectivity index is 1.58. The highest BCUT2D eigenvalue weighted by atomic mass is 15.2. The van der Waals surface area contributed by atoms with Crippen LogP contribution in [0.1, 0.15) is 25.7 Å². The van der Waals surface area contributed by atoms with Crippen LogP contribution in [0, 0.1) is 41.4 Å². The van der Waals surface area contributed by atoms with Gasteiger partial charge in [-0.25, -0.2) is 0 Å². The average molecular weight is 203 g/mol. The Morgan fingerprint density at radius 3 is 2.33 bits per heavy atom. The molecular weight excluding hydrogens is 182 g/mol. The normalized spacial score (nSPS) is 69.4. The minimum Gasteiger partial charge on any atom is -0.302 e. The molecule has 1 saturated heterocycles. The molecule has 8 atom stereocenters. The minimum absolute atomic E-state index is 1.04. The molecule has 1 heteroatoms. The molecule has 1 heterocycles. The van der Waals surface area contributed by atoms with Gasteiger partial charge in [0.15, 0.2) is 0 Å². The van der Waals surface area contributed by atoms with E-state index in [-0.39, 0.29) is 0 Å². The number of nitrogens with zero attached hydrogens (tertiary/aromatic N) is 1. The fraction of sp³-hybridized carbons (Fsp3) is 1.00. The smallest absolute Gasteiger partial charge is 0.0167 e. The molecule has 0 aromatic carbocycles. The van der Waals surface area contributed by atoms with Crippen LogP contribution in [0.2, 0.25) is 0 Å². The first-order valence-electron chi connectivity index (χ1n) is 7.05. The van der Waals surface area contributed by atoms with E-state index >= 15 is 0 Å². The third-order valence-corrected chi connectivity index (χ3v) is 7.02. The number of fused-ring (bicyclic) bond motifs is 12. The zero-order chi connectivity index (χ0) is 9.73. The van der Waals surface area contributed by atoms with Crippen LogP contribution in [0.5, 0.6) is 0 Å². The van der Waals surface area contributed by atoms with E-state index in [2.05, 4.69) is 11.9 Å². The number of hydrogen-bond acceptors (Lipinski definition) is 1. The molecule has 4 bridgehead atoms. The molecule has 5 rings (SSSR count). The Kier molecular flexibility index (Phi) is 1.24. The molecule has 0 radical (unpaired) electrons. The lowest BCUT2D eigenvalue weighted by Gasteiger charge is -2.54. The molecule has 0 N–H and O–H groups in total. The van der Waals surface area contributed by atoms with Crippen LogP contribution in [-0.2, 0) is 0 Å². The summed E-state index contributed by atoms with van der Waals surface area (Å²) in [6.07, 6.45) is 6.45. The Labute approximate surface area is 92.2 Å². The SMILES string of the molecule is CN1CC2C3CC(C4C5CCC(C5)C34)C21. The van der Waals surface area contributed by atoms with Gasteiger partial charge < -0.3 is 4.90 Å². The maximum atomic E-state index is 2.66. The van der Waals surface area contributed by atoms with Crippen molar-refractivity contribution in [1.29, 1.82) is 0 Å². The van der Waals surface area contributed by atoms with Gasteiger partial charge in [-0.2, -0.15) is 0 Å². The summed E-state index contributed by atoms with van der Waals surface area (Å²) in [6.45, 7) is 1.44. The minimum atomic E-state index is 1.04. The predicted octanol–water partition coefficient (Wildman–Crippen LogP) is 2.23. The van der Waals surface area contributed by atoms with Crippen LogP contribution in [0.15, 0.2) is 0 Å². The zero-order valence-electron chi connectivity index (χ0n) is 9.60. The summed E-state index contributed by atoms with van der Waals surface area (Å²) < 4.78 is 0. The second kappa shape index (κ2) is 2.30. The van der Waals surface area contributed by atoms with Gasteiger partial charge >= 0.3 is 0 Å². The quantitative estimate of drug-likeness (QED) is 0.546. The van der Waals surface area contributed by atoms with Gasteiger partial charge in [-0.1, -0.05) is 0 Å².